The zero-order valence-corrected chi connectivity index (χ0v) is 12.3. The number of aromatic amines is 1. The van der Waals surface area contributed by atoms with Crippen LogP contribution >= 0.6 is 0 Å². The first-order valence-electron chi connectivity index (χ1n) is 7.16. The van der Waals surface area contributed by atoms with Gasteiger partial charge >= 0.3 is 5.69 Å². The van der Waals surface area contributed by atoms with Crippen LogP contribution in [0.15, 0.2) is 34.6 Å². The number of H-pyrrole nitrogens is 1. The lowest BCUT2D eigenvalue weighted by atomic mass is 10.1. The summed E-state index contributed by atoms with van der Waals surface area (Å²) in [6, 6.07) is 6.47. The first kappa shape index (κ1) is 13.2. The summed E-state index contributed by atoms with van der Waals surface area (Å²) in [6.45, 7) is 9.02. The molecule has 2 heterocycles. The molecule has 0 fully saturated rings. The highest BCUT2D eigenvalue weighted by atomic mass is 16.1. The molecule has 2 aromatic rings. The lowest BCUT2D eigenvalue weighted by Gasteiger charge is -2.27. The van der Waals surface area contributed by atoms with Crippen molar-refractivity contribution in [3.63, 3.8) is 0 Å². The van der Waals surface area contributed by atoms with Crippen LogP contribution in [0.5, 0.6) is 0 Å². The van der Waals surface area contributed by atoms with E-state index in [1.807, 2.05) is 16.7 Å². The first-order chi connectivity index (χ1) is 9.60. The topological polar surface area (TPSA) is 41.0 Å². The van der Waals surface area contributed by atoms with Gasteiger partial charge in [-0.1, -0.05) is 23.8 Å². The number of rotatable bonds is 2. The van der Waals surface area contributed by atoms with Crippen molar-refractivity contribution in [3.8, 4) is 0 Å². The normalized spacial score (nSPS) is 20.4. The van der Waals surface area contributed by atoms with Gasteiger partial charge in [0.25, 0.3) is 0 Å². The molecule has 1 unspecified atom stereocenters. The van der Waals surface area contributed by atoms with Crippen LogP contribution < -0.4 is 5.69 Å². The van der Waals surface area contributed by atoms with Crippen molar-refractivity contribution in [1.29, 1.82) is 0 Å². The number of hydrogen-bond donors (Lipinski definition) is 1. The molecular weight excluding hydrogens is 250 g/mol. The van der Waals surface area contributed by atoms with E-state index in [4.69, 9.17) is 0 Å². The molecule has 4 nitrogen and oxygen atoms in total. The number of hydrogen-bond acceptors (Lipinski definition) is 2. The Balaban J connectivity index is 2.08. The maximum absolute atomic E-state index is 12.1. The van der Waals surface area contributed by atoms with Gasteiger partial charge in [-0.2, -0.15) is 0 Å². The predicted molar refractivity (Wildman–Crippen MR) is 81.9 cm³/mol. The molecule has 1 N–H and O–H groups in total. The number of aromatic nitrogens is 2. The molecule has 1 aliphatic rings. The molecule has 1 aliphatic heterocycles. The standard InChI is InChI=1S/C16H21N3O/c1-4-11(2)8-18-10-13-6-5-7-14-15(13)19(9-12(18)3)16(20)17-14/h4-7,12H,8-10H2,1-3H3,(H,17,20)/b11-4+. The van der Waals surface area contributed by atoms with E-state index in [-0.39, 0.29) is 5.69 Å². The van der Waals surface area contributed by atoms with Gasteiger partial charge in [0.2, 0.25) is 0 Å². The molecule has 20 heavy (non-hydrogen) atoms. The smallest absolute Gasteiger partial charge is 0.306 e. The lowest BCUT2D eigenvalue weighted by molar-refractivity contribution is 0.205. The van der Waals surface area contributed by atoms with E-state index in [1.165, 1.54) is 11.1 Å². The van der Waals surface area contributed by atoms with E-state index in [0.29, 0.717) is 6.04 Å². The average Bonchev–Trinajstić information content (AvgIpc) is 2.66. The molecule has 0 radical (unpaired) electrons. The summed E-state index contributed by atoms with van der Waals surface area (Å²) in [5.74, 6) is 0. The summed E-state index contributed by atoms with van der Waals surface area (Å²) < 4.78 is 1.89. The highest BCUT2D eigenvalue weighted by Gasteiger charge is 2.23. The third-order valence-electron chi connectivity index (χ3n) is 4.27. The quantitative estimate of drug-likeness (QED) is 0.853. The van der Waals surface area contributed by atoms with Gasteiger partial charge < -0.3 is 4.98 Å². The molecule has 3 rings (SSSR count). The van der Waals surface area contributed by atoms with Crippen molar-refractivity contribution in [2.45, 2.75) is 39.9 Å². The Kier molecular flexibility index (Phi) is 3.26. The van der Waals surface area contributed by atoms with Crippen LogP contribution in [-0.2, 0) is 13.1 Å². The second-order valence-corrected chi connectivity index (χ2v) is 5.74. The van der Waals surface area contributed by atoms with Gasteiger partial charge in [0.05, 0.1) is 11.0 Å². The lowest BCUT2D eigenvalue weighted by Crippen LogP contribution is -2.36. The molecule has 0 amide bonds. The van der Waals surface area contributed by atoms with Crippen LogP contribution in [0, 0.1) is 0 Å². The van der Waals surface area contributed by atoms with Gasteiger partial charge in [-0.25, -0.2) is 4.79 Å². The van der Waals surface area contributed by atoms with Crippen LogP contribution in [0.2, 0.25) is 0 Å². The van der Waals surface area contributed by atoms with E-state index in [9.17, 15) is 4.79 Å². The third kappa shape index (κ3) is 2.10. The number of para-hydroxylation sites is 1. The molecule has 0 aliphatic carbocycles. The molecule has 1 aromatic heterocycles. The van der Waals surface area contributed by atoms with Crippen molar-refractivity contribution in [1.82, 2.24) is 14.5 Å². The Morgan fingerprint density at radius 2 is 2.30 bits per heavy atom. The molecule has 0 saturated heterocycles. The number of nitrogens with one attached hydrogen (secondary N) is 1. The Hall–Kier alpha value is -1.81. The minimum absolute atomic E-state index is 0.00362. The largest absolute Gasteiger partial charge is 0.326 e. The minimum atomic E-state index is 0.00362. The van der Waals surface area contributed by atoms with Crippen molar-refractivity contribution in [2.24, 2.45) is 0 Å². The molecule has 0 bridgehead atoms. The SMILES string of the molecule is C/C=C(\C)CN1Cc2cccc3[nH]c(=O)n(c23)CC1C. The van der Waals surface area contributed by atoms with Crippen molar-refractivity contribution in [2.75, 3.05) is 6.54 Å². The molecule has 0 spiro atoms. The van der Waals surface area contributed by atoms with Crippen molar-refractivity contribution >= 4 is 11.0 Å². The summed E-state index contributed by atoms with van der Waals surface area (Å²) in [5.41, 5.74) is 4.62. The number of allylic oxidation sites excluding steroid dienone is 1. The molecule has 0 saturated carbocycles. The predicted octanol–water partition coefficient (Wildman–Crippen LogP) is 2.50. The van der Waals surface area contributed by atoms with E-state index in [2.05, 4.69) is 42.8 Å². The summed E-state index contributed by atoms with van der Waals surface area (Å²) in [5, 5.41) is 0. The fourth-order valence-electron chi connectivity index (χ4n) is 2.97. The van der Waals surface area contributed by atoms with E-state index in [1.54, 1.807) is 0 Å². The number of benzene rings is 1. The highest BCUT2D eigenvalue weighted by molar-refractivity contribution is 5.79. The molecule has 1 atom stereocenters. The maximum Gasteiger partial charge on any atom is 0.326 e. The van der Waals surface area contributed by atoms with Gasteiger partial charge in [-0.05, 0) is 32.4 Å². The van der Waals surface area contributed by atoms with Crippen molar-refractivity contribution < 1.29 is 0 Å². The van der Waals surface area contributed by atoms with Crippen LogP contribution in [0.25, 0.3) is 11.0 Å². The van der Waals surface area contributed by atoms with E-state index in [0.717, 1.165) is 30.7 Å². The molecule has 1 aromatic carbocycles. The van der Waals surface area contributed by atoms with Gasteiger partial charge in [0.15, 0.2) is 0 Å². The van der Waals surface area contributed by atoms with Gasteiger partial charge in [-0.3, -0.25) is 9.47 Å². The summed E-state index contributed by atoms with van der Waals surface area (Å²) in [7, 11) is 0. The molecular formula is C16H21N3O. The van der Waals surface area contributed by atoms with Gasteiger partial charge in [0, 0.05) is 25.7 Å². The number of nitrogens with zero attached hydrogens (tertiary/aromatic N) is 2. The van der Waals surface area contributed by atoms with E-state index >= 15 is 0 Å². The minimum Gasteiger partial charge on any atom is -0.306 e. The Morgan fingerprint density at radius 1 is 1.50 bits per heavy atom. The van der Waals surface area contributed by atoms with Crippen LogP contribution in [-0.4, -0.2) is 27.0 Å². The second kappa shape index (κ2) is 4.94. The first-order valence-corrected chi connectivity index (χ1v) is 7.16. The zero-order chi connectivity index (χ0) is 14.3. The Morgan fingerprint density at radius 3 is 3.05 bits per heavy atom. The van der Waals surface area contributed by atoms with Crippen LogP contribution in [0.4, 0.5) is 0 Å². The fourth-order valence-corrected chi connectivity index (χ4v) is 2.97. The van der Waals surface area contributed by atoms with Crippen LogP contribution in [0.1, 0.15) is 26.3 Å². The average molecular weight is 271 g/mol. The Bertz CT molecular complexity index is 723. The van der Waals surface area contributed by atoms with Gasteiger partial charge in [-0.15, -0.1) is 0 Å². The fraction of sp³-hybridized carbons (Fsp3) is 0.438. The number of imidazole rings is 1. The summed E-state index contributed by atoms with van der Waals surface area (Å²) in [4.78, 5) is 17.5. The maximum atomic E-state index is 12.1. The van der Waals surface area contributed by atoms with E-state index < -0.39 is 0 Å². The zero-order valence-electron chi connectivity index (χ0n) is 12.3. The van der Waals surface area contributed by atoms with Crippen LogP contribution in [0.3, 0.4) is 0 Å². The van der Waals surface area contributed by atoms with Crippen molar-refractivity contribution in [3.05, 3.63) is 45.9 Å². The molecule has 4 heteroatoms. The van der Waals surface area contributed by atoms with Gasteiger partial charge in [0.1, 0.15) is 0 Å². The highest BCUT2D eigenvalue weighted by Crippen LogP contribution is 2.23. The Labute approximate surface area is 118 Å². The monoisotopic (exact) mass is 271 g/mol. The molecule has 106 valence electrons. The summed E-state index contributed by atoms with van der Waals surface area (Å²) in [6.07, 6.45) is 2.16. The summed E-state index contributed by atoms with van der Waals surface area (Å²) >= 11 is 0. The third-order valence-corrected chi connectivity index (χ3v) is 4.27. The second-order valence-electron chi connectivity index (χ2n) is 5.74.